The highest BCUT2D eigenvalue weighted by Gasteiger charge is 2.28. The van der Waals surface area contributed by atoms with E-state index in [9.17, 15) is 4.79 Å². The van der Waals surface area contributed by atoms with Crippen LogP contribution < -0.4 is 16.0 Å². The van der Waals surface area contributed by atoms with Crippen LogP contribution in [0, 0.1) is 0 Å². The van der Waals surface area contributed by atoms with Gasteiger partial charge in [0.15, 0.2) is 0 Å². The Morgan fingerprint density at radius 1 is 1.38 bits per heavy atom. The molecule has 1 aliphatic carbocycles. The summed E-state index contributed by atoms with van der Waals surface area (Å²) in [5, 5.41) is 11.4. The maximum atomic E-state index is 11.3. The van der Waals surface area contributed by atoms with Crippen LogP contribution >= 0.6 is 0 Å². The van der Waals surface area contributed by atoms with Gasteiger partial charge in [0.1, 0.15) is 6.54 Å². The van der Waals surface area contributed by atoms with Crippen LogP contribution in [-0.4, -0.2) is 34.2 Å². The third-order valence-corrected chi connectivity index (χ3v) is 3.56. The van der Waals surface area contributed by atoms with Crippen LogP contribution in [0.3, 0.4) is 0 Å². The Morgan fingerprint density at radius 2 is 2.05 bits per heavy atom. The molecule has 1 aliphatic rings. The van der Waals surface area contributed by atoms with E-state index < -0.39 is 0 Å². The number of nitrogens with two attached hydrogens (primary N) is 1. The maximum Gasteiger partial charge on any atom is 0.318 e. The first-order valence-corrected chi connectivity index (χ1v) is 7.47. The Kier molecular flexibility index (Phi) is 4.82. The zero-order valence-electron chi connectivity index (χ0n) is 13.1. The summed E-state index contributed by atoms with van der Waals surface area (Å²) in [6, 6.07) is 0.660. The smallest absolute Gasteiger partial charge is 0.318 e. The molecule has 21 heavy (non-hydrogen) atoms. The molecule has 1 heterocycles. The molecule has 1 aromatic heterocycles. The van der Waals surface area contributed by atoms with Crippen molar-refractivity contribution in [3.63, 3.8) is 0 Å². The second-order valence-electron chi connectivity index (χ2n) is 6.61. The van der Waals surface area contributed by atoms with Crippen LogP contribution in [0.4, 0.5) is 6.01 Å². The molecule has 1 saturated carbocycles. The lowest BCUT2D eigenvalue weighted by Gasteiger charge is -2.25. The number of carbonyl (C=O) groups excluding carboxylic acids is 1. The topological polar surface area (TPSA) is 97.3 Å². The normalized spacial score (nSPS) is 16.3. The number of nitrogens with zero attached hydrogens (tertiary/aromatic N) is 3. The molecule has 1 aromatic rings. The Labute approximate surface area is 125 Å². The summed E-state index contributed by atoms with van der Waals surface area (Å²) in [7, 11) is 0. The lowest BCUT2D eigenvalue weighted by atomic mass is 10.1. The largest absolute Gasteiger partial charge is 0.407 e. The molecule has 7 nitrogen and oxygen atoms in total. The van der Waals surface area contributed by atoms with Gasteiger partial charge in [-0.3, -0.25) is 4.79 Å². The predicted molar refractivity (Wildman–Crippen MR) is 79.7 cm³/mol. The van der Waals surface area contributed by atoms with Crippen LogP contribution in [0.15, 0.2) is 4.42 Å². The molecule has 7 heteroatoms. The van der Waals surface area contributed by atoms with Gasteiger partial charge in [-0.25, -0.2) is 0 Å². The minimum atomic E-state index is -0.380. The monoisotopic (exact) mass is 295 g/mol. The van der Waals surface area contributed by atoms with Crippen LogP contribution in [0.25, 0.3) is 0 Å². The van der Waals surface area contributed by atoms with E-state index in [4.69, 9.17) is 10.2 Å². The summed E-state index contributed by atoms with van der Waals surface area (Å²) in [5.74, 6) is 0.141. The van der Waals surface area contributed by atoms with Gasteiger partial charge in [0, 0.05) is 11.6 Å². The molecule has 0 radical (unpaired) electrons. The zero-order chi connectivity index (χ0) is 15.5. The standard InChI is InChI=1S/C14H25N5O2/c1-14(2,3)16-8-12-17-18-13(21-12)19(9-11(15)20)10-6-4-5-7-10/h10,16H,4-9H2,1-3H3,(H2,15,20). The van der Waals surface area contributed by atoms with Crippen molar-refractivity contribution >= 4 is 11.9 Å². The van der Waals surface area contributed by atoms with E-state index in [1.807, 2.05) is 4.90 Å². The summed E-state index contributed by atoms with van der Waals surface area (Å²) < 4.78 is 5.69. The lowest BCUT2D eigenvalue weighted by molar-refractivity contribution is -0.116. The van der Waals surface area contributed by atoms with E-state index in [1.165, 1.54) is 0 Å². The number of carbonyl (C=O) groups is 1. The molecule has 3 N–H and O–H groups in total. The highest BCUT2D eigenvalue weighted by Crippen LogP contribution is 2.27. The van der Waals surface area contributed by atoms with Gasteiger partial charge in [-0.15, -0.1) is 5.10 Å². The van der Waals surface area contributed by atoms with Gasteiger partial charge >= 0.3 is 6.01 Å². The van der Waals surface area contributed by atoms with Crippen molar-refractivity contribution in [2.45, 2.75) is 64.6 Å². The van der Waals surface area contributed by atoms with E-state index >= 15 is 0 Å². The van der Waals surface area contributed by atoms with Gasteiger partial charge in [-0.2, -0.15) is 0 Å². The summed E-state index contributed by atoms with van der Waals surface area (Å²) in [5.41, 5.74) is 5.32. The van der Waals surface area contributed by atoms with Crippen molar-refractivity contribution in [2.24, 2.45) is 5.73 Å². The third kappa shape index (κ3) is 4.70. The van der Waals surface area contributed by atoms with Crippen molar-refractivity contribution in [2.75, 3.05) is 11.4 Å². The maximum absolute atomic E-state index is 11.3. The van der Waals surface area contributed by atoms with Crippen molar-refractivity contribution in [1.82, 2.24) is 15.5 Å². The average molecular weight is 295 g/mol. The molecular formula is C14H25N5O2. The number of primary amides is 1. The number of nitrogens with one attached hydrogen (secondary N) is 1. The van der Waals surface area contributed by atoms with Gasteiger partial charge in [-0.05, 0) is 33.6 Å². The fraction of sp³-hybridized carbons (Fsp3) is 0.786. The molecular weight excluding hydrogens is 270 g/mol. The summed E-state index contributed by atoms with van der Waals surface area (Å²) in [4.78, 5) is 13.1. The first-order chi connectivity index (χ1) is 9.85. The second-order valence-corrected chi connectivity index (χ2v) is 6.61. The Hall–Kier alpha value is -1.63. The van der Waals surface area contributed by atoms with Gasteiger partial charge in [0.2, 0.25) is 11.8 Å². The molecule has 0 atom stereocenters. The van der Waals surface area contributed by atoms with Crippen molar-refractivity contribution in [3.8, 4) is 0 Å². The van der Waals surface area contributed by atoms with Gasteiger partial charge in [-0.1, -0.05) is 17.9 Å². The molecule has 2 rings (SSSR count). The van der Waals surface area contributed by atoms with E-state index in [2.05, 4.69) is 36.3 Å². The average Bonchev–Trinajstić information content (AvgIpc) is 3.04. The van der Waals surface area contributed by atoms with E-state index in [0.717, 1.165) is 25.7 Å². The molecule has 0 spiro atoms. The predicted octanol–water partition coefficient (Wildman–Crippen LogP) is 1.19. The second kappa shape index (κ2) is 6.43. The molecule has 0 bridgehead atoms. The quantitative estimate of drug-likeness (QED) is 0.818. The summed E-state index contributed by atoms with van der Waals surface area (Å²) in [6.45, 7) is 6.84. The highest BCUT2D eigenvalue weighted by atomic mass is 16.4. The lowest BCUT2D eigenvalue weighted by Crippen LogP contribution is -2.40. The molecule has 0 saturated heterocycles. The third-order valence-electron chi connectivity index (χ3n) is 3.56. The number of aromatic nitrogens is 2. The van der Waals surface area contributed by atoms with Gasteiger partial charge in [0.25, 0.3) is 0 Å². The number of anilines is 1. The van der Waals surface area contributed by atoms with Crippen LogP contribution in [0.2, 0.25) is 0 Å². The van der Waals surface area contributed by atoms with Crippen molar-refractivity contribution < 1.29 is 9.21 Å². The highest BCUT2D eigenvalue weighted by molar-refractivity contribution is 5.78. The zero-order valence-corrected chi connectivity index (χ0v) is 13.1. The first-order valence-electron chi connectivity index (χ1n) is 7.47. The Morgan fingerprint density at radius 3 is 2.62 bits per heavy atom. The molecule has 0 aliphatic heterocycles. The van der Waals surface area contributed by atoms with Gasteiger partial charge < -0.3 is 20.4 Å². The molecule has 1 fully saturated rings. The number of amides is 1. The number of hydrogen-bond donors (Lipinski definition) is 2. The van der Waals surface area contributed by atoms with Gasteiger partial charge in [0.05, 0.1) is 6.54 Å². The minimum absolute atomic E-state index is 0.0208. The Balaban J connectivity index is 2.06. The van der Waals surface area contributed by atoms with E-state index in [0.29, 0.717) is 18.5 Å². The SMILES string of the molecule is CC(C)(C)NCc1nnc(N(CC(N)=O)C2CCCC2)o1. The Bertz CT molecular complexity index is 474. The van der Waals surface area contributed by atoms with Crippen molar-refractivity contribution in [3.05, 3.63) is 5.89 Å². The number of hydrogen-bond acceptors (Lipinski definition) is 6. The van der Waals surface area contributed by atoms with E-state index in [1.54, 1.807) is 0 Å². The summed E-state index contributed by atoms with van der Waals surface area (Å²) in [6.07, 6.45) is 4.38. The molecule has 0 unspecified atom stereocenters. The fourth-order valence-corrected chi connectivity index (χ4v) is 2.51. The summed E-state index contributed by atoms with van der Waals surface area (Å²) >= 11 is 0. The van der Waals surface area contributed by atoms with Crippen LogP contribution in [-0.2, 0) is 11.3 Å². The minimum Gasteiger partial charge on any atom is -0.407 e. The molecule has 118 valence electrons. The fourth-order valence-electron chi connectivity index (χ4n) is 2.51. The number of rotatable bonds is 6. The molecule has 0 aromatic carbocycles. The van der Waals surface area contributed by atoms with Crippen LogP contribution in [0.1, 0.15) is 52.3 Å². The first kappa shape index (κ1) is 15.8. The van der Waals surface area contributed by atoms with Crippen LogP contribution in [0.5, 0.6) is 0 Å². The van der Waals surface area contributed by atoms with E-state index in [-0.39, 0.29) is 24.0 Å². The van der Waals surface area contributed by atoms with Crippen molar-refractivity contribution in [1.29, 1.82) is 0 Å². The molecule has 1 amide bonds.